The van der Waals surface area contributed by atoms with E-state index in [1.807, 2.05) is 42.1 Å². The summed E-state index contributed by atoms with van der Waals surface area (Å²) in [5.41, 5.74) is 1.92. The fourth-order valence-corrected chi connectivity index (χ4v) is 2.01. The van der Waals surface area contributed by atoms with Gasteiger partial charge in [0.2, 0.25) is 0 Å². The molecule has 102 valence electrons. The second-order valence-electron chi connectivity index (χ2n) is 4.32. The van der Waals surface area contributed by atoms with Crippen molar-refractivity contribution in [1.29, 1.82) is 0 Å². The lowest BCUT2D eigenvalue weighted by Gasteiger charge is -2.18. The van der Waals surface area contributed by atoms with Crippen LogP contribution in [0.25, 0.3) is 5.69 Å². The van der Waals surface area contributed by atoms with Crippen molar-refractivity contribution in [3.8, 4) is 5.69 Å². The Bertz CT molecular complexity index is 513. The Kier molecular flexibility index (Phi) is 4.82. The lowest BCUT2D eigenvalue weighted by atomic mass is 10.2. The van der Waals surface area contributed by atoms with Crippen LogP contribution in [0.15, 0.2) is 36.7 Å². The molecule has 1 unspecified atom stereocenters. The third-order valence-electron chi connectivity index (χ3n) is 2.68. The standard InChI is InChI=1S/C14H18ClN3O/c1-3-19-10-11(2)17-13-9-12(15)5-6-14(13)18-8-4-7-16-18/h4-9,11,17H,3,10H2,1-2H3. The van der Waals surface area contributed by atoms with Crippen molar-refractivity contribution in [3.63, 3.8) is 0 Å². The van der Waals surface area contributed by atoms with Crippen molar-refractivity contribution < 1.29 is 4.74 Å². The molecule has 19 heavy (non-hydrogen) atoms. The highest BCUT2D eigenvalue weighted by atomic mass is 35.5. The third kappa shape index (κ3) is 3.72. The minimum Gasteiger partial charge on any atom is -0.380 e. The number of nitrogens with one attached hydrogen (secondary N) is 1. The molecule has 1 N–H and O–H groups in total. The molecule has 2 rings (SSSR count). The molecule has 0 spiro atoms. The predicted molar refractivity (Wildman–Crippen MR) is 78.2 cm³/mol. The van der Waals surface area contributed by atoms with E-state index in [4.69, 9.17) is 16.3 Å². The molecule has 0 aliphatic heterocycles. The maximum atomic E-state index is 6.07. The van der Waals surface area contributed by atoms with Crippen LogP contribution >= 0.6 is 11.6 Å². The summed E-state index contributed by atoms with van der Waals surface area (Å²) < 4.78 is 7.22. The van der Waals surface area contributed by atoms with Gasteiger partial charge in [-0.3, -0.25) is 0 Å². The molecule has 0 bridgehead atoms. The Morgan fingerprint density at radius 1 is 1.47 bits per heavy atom. The molecule has 0 amide bonds. The van der Waals surface area contributed by atoms with Crippen molar-refractivity contribution in [2.24, 2.45) is 0 Å². The van der Waals surface area contributed by atoms with E-state index in [1.165, 1.54) is 0 Å². The summed E-state index contributed by atoms with van der Waals surface area (Å²) in [6.45, 7) is 5.43. The Morgan fingerprint density at radius 2 is 2.32 bits per heavy atom. The lowest BCUT2D eigenvalue weighted by Crippen LogP contribution is -2.22. The van der Waals surface area contributed by atoms with Gasteiger partial charge in [-0.2, -0.15) is 5.10 Å². The number of benzene rings is 1. The van der Waals surface area contributed by atoms with Crippen LogP contribution in [0.1, 0.15) is 13.8 Å². The molecule has 5 heteroatoms. The molecule has 1 aromatic carbocycles. The summed E-state index contributed by atoms with van der Waals surface area (Å²) in [4.78, 5) is 0. The molecule has 4 nitrogen and oxygen atoms in total. The first-order valence-corrected chi connectivity index (χ1v) is 6.72. The molecule has 0 aliphatic carbocycles. The van der Waals surface area contributed by atoms with Crippen LogP contribution in [-0.2, 0) is 4.74 Å². The average Bonchev–Trinajstić information content (AvgIpc) is 2.90. The molecular formula is C14H18ClN3O. The van der Waals surface area contributed by atoms with Crippen LogP contribution in [0.2, 0.25) is 5.02 Å². The Morgan fingerprint density at radius 3 is 3.00 bits per heavy atom. The van der Waals surface area contributed by atoms with Crippen molar-refractivity contribution in [2.45, 2.75) is 19.9 Å². The molecule has 1 aromatic heterocycles. The SMILES string of the molecule is CCOCC(C)Nc1cc(Cl)ccc1-n1cccn1. The maximum absolute atomic E-state index is 6.07. The van der Waals surface area contributed by atoms with E-state index in [9.17, 15) is 0 Å². The van der Waals surface area contributed by atoms with Crippen molar-refractivity contribution in [1.82, 2.24) is 9.78 Å². The van der Waals surface area contributed by atoms with Crippen LogP contribution < -0.4 is 5.32 Å². The number of hydrogen-bond donors (Lipinski definition) is 1. The first-order chi connectivity index (χ1) is 9.20. The number of ether oxygens (including phenoxy) is 1. The van der Waals surface area contributed by atoms with Crippen LogP contribution in [0.3, 0.4) is 0 Å². The normalized spacial score (nSPS) is 12.4. The van der Waals surface area contributed by atoms with E-state index in [1.54, 1.807) is 6.20 Å². The third-order valence-corrected chi connectivity index (χ3v) is 2.92. The average molecular weight is 280 g/mol. The second kappa shape index (κ2) is 6.59. The van der Waals surface area contributed by atoms with E-state index in [2.05, 4.69) is 17.3 Å². The second-order valence-corrected chi connectivity index (χ2v) is 4.75. The van der Waals surface area contributed by atoms with Gasteiger partial charge in [0.05, 0.1) is 18.0 Å². The van der Waals surface area contributed by atoms with Gasteiger partial charge in [-0.15, -0.1) is 0 Å². The zero-order valence-corrected chi connectivity index (χ0v) is 11.9. The highest BCUT2D eigenvalue weighted by molar-refractivity contribution is 6.31. The van der Waals surface area contributed by atoms with Crippen LogP contribution in [0.5, 0.6) is 0 Å². The summed E-state index contributed by atoms with van der Waals surface area (Å²) in [6, 6.07) is 7.80. The van der Waals surface area contributed by atoms with Gasteiger partial charge in [0.25, 0.3) is 0 Å². The van der Waals surface area contributed by atoms with Gasteiger partial charge >= 0.3 is 0 Å². The summed E-state index contributed by atoms with van der Waals surface area (Å²) >= 11 is 6.07. The molecule has 0 saturated heterocycles. The summed E-state index contributed by atoms with van der Waals surface area (Å²) in [5, 5.41) is 8.35. The highest BCUT2D eigenvalue weighted by Gasteiger charge is 2.09. The Hall–Kier alpha value is -1.52. The molecule has 1 heterocycles. The highest BCUT2D eigenvalue weighted by Crippen LogP contribution is 2.24. The molecule has 0 fully saturated rings. The summed E-state index contributed by atoms with van der Waals surface area (Å²) in [5.74, 6) is 0. The smallest absolute Gasteiger partial charge is 0.0877 e. The monoisotopic (exact) mass is 279 g/mol. The van der Waals surface area contributed by atoms with Crippen molar-refractivity contribution >= 4 is 17.3 Å². The lowest BCUT2D eigenvalue weighted by molar-refractivity contribution is 0.141. The molecule has 0 saturated carbocycles. The van der Waals surface area contributed by atoms with E-state index in [0.717, 1.165) is 11.4 Å². The minimum absolute atomic E-state index is 0.202. The maximum Gasteiger partial charge on any atom is 0.0877 e. The van der Waals surface area contributed by atoms with E-state index in [-0.39, 0.29) is 6.04 Å². The van der Waals surface area contributed by atoms with Gasteiger partial charge in [-0.1, -0.05) is 11.6 Å². The fraction of sp³-hybridized carbons (Fsp3) is 0.357. The zero-order valence-electron chi connectivity index (χ0n) is 11.1. The quantitative estimate of drug-likeness (QED) is 0.881. The van der Waals surface area contributed by atoms with Gasteiger partial charge in [-0.05, 0) is 38.1 Å². The molecule has 0 radical (unpaired) electrons. The number of aromatic nitrogens is 2. The first-order valence-electron chi connectivity index (χ1n) is 6.34. The molecular weight excluding hydrogens is 262 g/mol. The van der Waals surface area contributed by atoms with Gasteiger partial charge < -0.3 is 10.1 Å². The number of anilines is 1. The van der Waals surface area contributed by atoms with Gasteiger partial charge in [0, 0.05) is 30.1 Å². The molecule has 2 aromatic rings. The fourth-order valence-electron chi connectivity index (χ4n) is 1.84. The largest absolute Gasteiger partial charge is 0.380 e. The molecule has 0 aliphatic rings. The zero-order chi connectivity index (χ0) is 13.7. The Labute approximate surface area is 118 Å². The number of rotatable bonds is 6. The number of hydrogen-bond acceptors (Lipinski definition) is 3. The predicted octanol–water partition coefficient (Wildman–Crippen LogP) is 3.36. The van der Waals surface area contributed by atoms with E-state index >= 15 is 0 Å². The van der Waals surface area contributed by atoms with E-state index < -0.39 is 0 Å². The number of nitrogens with zero attached hydrogens (tertiary/aromatic N) is 2. The Balaban J connectivity index is 2.20. The van der Waals surface area contributed by atoms with Gasteiger partial charge in [0.15, 0.2) is 0 Å². The van der Waals surface area contributed by atoms with Crippen molar-refractivity contribution in [2.75, 3.05) is 18.5 Å². The van der Waals surface area contributed by atoms with Crippen LogP contribution in [0.4, 0.5) is 5.69 Å². The van der Waals surface area contributed by atoms with E-state index in [0.29, 0.717) is 18.2 Å². The van der Waals surface area contributed by atoms with Crippen LogP contribution in [0, 0.1) is 0 Å². The minimum atomic E-state index is 0.202. The molecule has 1 atom stereocenters. The van der Waals surface area contributed by atoms with Gasteiger partial charge in [-0.25, -0.2) is 4.68 Å². The summed E-state index contributed by atoms with van der Waals surface area (Å²) in [7, 11) is 0. The topological polar surface area (TPSA) is 39.1 Å². The van der Waals surface area contributed by atoms with Gasteiger partial charge in [0.1, 0.15) is 0 Å². The van der Waals surface area contributed by atoms with Crippen molar-refractivity contribution in [3.05, 3.63) is 41.7 Å². The summed E-state index contributed by atoms with van der Waals surface area (Å²) in [6.07, 6.45) is 3.66. The number of halogens is 1. The first kappa shape index (κ1) is 13.9. The van der Waals surface area contributed by atoms with Crippen LogP contribution in [-0.4, -0.2) is 29.0 Å².